The molecular weight excluding hydrogens is 170 g/mol. The predicted molar refractivity (Wildman–Crippen MR) is 48.3 cm³/mol. The second-order valence-corrected chi connectivity index (χ2v) is 2.97. The van der Waals surface area contributed by atoms with E-state index in [9.17, 15) is 4.79 Å². The van der Waals surface area contributed by atoms with E-state index in [0.717, 1.165) is 11.3 Å². The predicted octanol–water partition coefficient (Wildman–Crippen LogP) is 0.328. The molecule has 0 fully saturated rings. The minimum absolute atomic E-state index is 0.0940. The van der Waals surface area contributed by atoms with Gasteiger partial charge in [0.2, 0.25) is 0 Å². The summed E-state index contributed by atoms with van der Waals surface area (Å²) in [6.07, 6.45) is 0.539. The van der Waals surface area contributed by atoms with E-state index in [-0.39, 0.29) is 6.42 Å². The standard InChI is InChI=1S/C8H13N3O2/c1-5-6(3-4-7(12)13)8(9)11(2)10-5/h3-4,9H2,1-2H3,(H,12,13). The topological polar surface area (TPSA) is 81.1 Å². The fourth-order valence-corrected chi connectivity index (χ4v) is 1.26. The zero-order valence-corrected chi connectivity index (χ0v) is 7.74. The monoisotopic (exact) mass is 183 g/mol. The van der Waals surface area contributed by atoms with Crippen LogP contribution in [0.5, 0.6) is 0 Å². The van der Waals surface area contributed by atoms with Gasteiger partial charge in [-0.3, -0.25) is 9.48 Å². The number of carbonyl (C=O) groups is 1. The van der Waals surface area contributed by atoms with Crippen molar-refractivity contribution in [2.45, 2.75) is 19.8 Å². The summed E-state index contributed by atoms with van der Waals surface area (Å²) in [4.78, 5) is 10.3. The number of carboxylic acids is 1. The highest BCUT2D eigenvalue weighted by Crippen LogP contribution is 2.16. The summed E-state index contributed by atoms with van der Waals surface area (Å²) >= 11 is 0. The molecule has 72 valence electrons. The van der Waals surface area contributed by atoms with Gasteiger partial charge in [0.05, 0.1) is 5.69 Å². The molecule has 0 unspecified atom stereocenters. The lowest BCUT2D eigenvalue weighted by Crippen LogP contribution is -2.02. The van der Waals surface area contributed by atoms with Crippen LogP contribution in [0.15, 0.2) is 0 Å². The molecule has 0 bridgehead atoms. The lowest BCUT2D eigenvalue weighted by atomic mass is 10.1. The van der Waals surface area contributed by atoms with Crippen molar-refractivity contribution in [1.82, 2.24) is 9.78 Å². The number of hydrogen-bond acceptors (Lipinski definition) is 3. The molecule has 0 saturated carbocycles. The molecule has 1 aromatic rings. The maximum absolute atomic E-state index is 10.3. The van der Waals surface area contributed by atoms with Crippen molar-refractivity contribution in [3.05, 3.63) is 11.3 Å². The molecule has 1 aromatic heterocycles. The summed E-state index contributed by atoms with van der Waals surface area (Å²) in [6, 6.07) is 0. The van der Waals surface area contributed by atoms with Crippen molar-refractivity contribution in [2.75, 3.05) is 5.73 Å². The first-order valence-corrected chi connectivity index (χ1v) is 4.02. The minimum Gasteiger partial charge on any atom is -0.481 e. The summed E-state index contributed by atoms with van der Waals surface area (Å²) in [5.74, 6) is -0.263. The number of aromatic nitrogens is 2. The molecule has 0 aliphatic rings. The van der Waals surface area contributed by atoms with Crippen LogP contribution in [0.4, 0.5) is 5.82 Å². The fraction of sp³-hybridized carbons (Fsp3) is 0.500. The first kappa shape index (κ1) is 9.57. The first-order valence-electron chi connectivity index (χ1n) is 4.02. The molecule has 0 atom stereocenters. The second kappa shape index (κ2) is 3.47. The number of carboxylic acid groups (broad SMARTS) is 1. The SMILES string of the molecule is Cc1nn(C)c(N)c1CCC(=O)O. The van der Waals surface area contributed by atoms with Crippen LogP contribution in [0, 0.1) is 6.92 Å². The van der Waals surface area contributed by atoms with Crippen LogP contribution in [-0.4, -0.2) is 20.9 Å². The molecule has 1 rings (SSSR count). The Morgan fingerprint density at radius 2 is 2.31 bits per heavy atom. The molecule has 3 N–H and O–H groups in total. The van der Waals surface area contributed by atoms with Gasteiger partial charge in [0.1, 0.15) is 5.82 Å². The number of nitrogen functional groups attached to an aromatic ring is 1. The third kappa shape index (κ3) is 1.99. The molecular formula is C8H13N3O2. The molecule has 1 heterocycles. The van der Waals surface area contributed by atoms with Gasteiger partial charge in [0.25, 0.3) is 0 Å². The molecule has 0 aromatic carbocycles. The van der Waals surface area contributed by atoms with Gasteiger partial charge < -0.3 is 10.8 Å². The number of nitrogens with zero attached hydrogens (tertiary/aromatic N) is 2. The number of nitrogens with two attached hydrogens (primary N) is 1. The Morgan fingerprint density at radius 3 is 2.69 bits per heavy atom. The Labute approximate surface area is 76.2 Å². The quantitative estimate of drug-likeness (QED) is 0.707. The molecule has 13 heavy (non-hydrogen) atoms. The van der Waals surface area contributed by atoms with Crippen molar-refractivity contribution in [1.29, 1.82) is 0 Å². The summed E-state index contributed by atoms with van der Waals surface area (Å²) < 4.78 is 1.56. The highest BCUT2D eigenvalue weighted by molar-refractivity contribution is 5.67. The lowest BCUT2D eigenvalue weighted by molar-refractivity contribution is -0.136. The normalized spacial score (nSPS) is 10.3. The van der Waals surface area contributed by atoms with Gasteiger partial charge in [-0.2, -0.15) is 5.10 Å². The average molecular weight is 183 g/mol. The van der Waals surface area contributed by atoms with Crippen LogP contribution in [0.25, 0.3) is 0 Å². The lowest BCUT2D eigenvalue weighted by Gasteiger charge is -1.98. The number of anilines is 1. The molecule has 0 aliphatic carbocycles. The largest absolute Gasteiger partial charge is 0.481 e. The molecule has 5 nitrogen and oxygen atoms in total. The molecule has 5 heteroatoms. The van der Waals surface area contributed by atoms with E-state index in [2.05, 4.69) is 5.10 Å². The molecule has 0 aliphatic heterocycles. The molecule has 0 radical (unpaired) electrons. The van der Waals surface area contributed by atoms with E-state index < -0.39 is 5.97 Å². The van der Waals surface area contributed by atoms with Crippen LogP contribution >= 0.6 is 0 Å². The van der Waals surface area contributed by atoms with Crippen molar-refractivity contribution in [3.63, 3.8) is 0 Å². The van der Waals surface area contributed by atoms with Gasteiger partial charge in [-0.15, -0.1) is 0 Å². The third-order valence-corrected chi connectivity index (χ3v) is 1.98. The van der Waals surface area contributed by atoms with Crippen LogP contribution in [0.3, 0.4) is 0 Å². The minimum atomic E-state index is -0.817. The zero-order valence-electron chi connectivity index (χ0n) is 7.74. The van der Waals surface area contributed by atoms with Gasteiger partial charge in [0, 0.05) is 19.0 Å². The van der Waals surface area contributed by atoms with Gasteiger partial charge >= 0.3 is 5.97 Å². The van der Waals surface area contributed by atoms with Crippen LogP contribution < -0.4 is 5.73 Å². The second-order valence-electron chi connectivity index (χ2n) is 2.97. The van der Waals surface area contributed by atoms with Gasteiger partial charge in [-0.05, 0) is 13.3 Å². The van der Waals surface area contributed by atoms with Gasteiger partial charge in [-0.1, -0.05) is 0 Å². The van der Waals surface area contributed by atoms with E-state index in [4.69, 9.17) is 10.8 Å². The Bertz CT molecular complexity index is 330. The Balaban J connectivity index is 2.81. The van der Waals surface area contributed by atoms with Gasteiger partial charge in [-0.25, -0.2) is 0 Å². The van der Waals surface area contributed by atoms with Crippen molar-refractivity contribution >= 4 is 11.8 Å². The fourth-order valence-electron chi connectivity index (χ4n) is 1.26. The number of rotatable bonds is 3. The van der Waals surface area contributed by atoms with E-state index in [1.807, 2.05) is 6.92 Å². The highest BCUT2D eigenvalue weighted by Gasteiger charge is 2.10. The smallest absolute Gasteiger partial charge is 0.303 e. The number of hydrogen-bond donors (Lipinski definition) is 2. The summed E-state index contributed by atoms with van der Waals surface area (Å²) in [5.41, 5.74) is 7.34. The maximum Gasteiger partial charge on any atom is 0.303 e. The van der Waals surface area contributed by atoms with E-state index in [0.29, 0.717) is 12.2 Å². The molecule has 0 saturated heterocycles. The Hall–Kier alpha value is -1.52. The maximum atomic E-state index is 10.3. The first-order chi connectivity index (χ1) is 6.02. The van der Waals surface area contributed by atoms with Crippen LogP contribution in [0.1, 0.15) is 17.7 Å². The summed E-state index contributed by atoms with van der Waals surface area (Å²) in [5, 5.41) is 12.6. The summed E-state index contributed by atoms with van der Waals surface area (Å²) in [7, 11) is 1.74. The van der Waals surface area contributed by atoms with Crippen molar-refractivity contribution in [3.8, 4) is 0 Å². The van der Waals surface area contributed by atoms with Crippen LogP contribution in [-0.2, 0) is 18.3 Å². The number of aliphatic carboxylic acids is 1. The zero-order chi connectivity index (χ0) is 10.0. The highest BCUT2D eigenvalue weighted by atomic mass is 16.4. The Morgan fingerprint density at radius 1 is 1.69 bits per heavy atom. The van der Waals surface area contributed by atoms with E-state index in [1.165, 1.54) is 0 Å². The number of aryl methyl sites for hydroxylation is 2. The Kier molecular flexibility index (Phi) is 2.55. The average Bonchev–Trinajstić information content (AvgIpc) is 2.24. The van der Waals surface area contributed by atoms with Crippen molar-refractivity contribution < 1.29 is 9.90 Å². The van der Waals surface area contributed by atoms with E-state index >= 15 is 0 Å². The molecule has 0 spiro atoms. The summed E-state index contributed by atoms with van der Waals surface area (Å²) in [6.45, 7) is 1.83. The van der Waals surface area contributed by atoms with E-state index in [1.54, 1.807) is 11.7 Å². The van der Waals surface area contributed by atoms with Crippen molar-refractivity contribution in [2.24, 2.45) is 7.05 Å². The van der Waals surface area contributed by atoms with Gasteiger partial charge in [0.15, 0.2) is 0 Å². The molecule has 0 amide bonds. The third-order valence-electron chi connectivity index (χ3n) is 1.98. The van der Waals surface area contributed by atoms with Crippen LogP contribution in [0.2, 0.25) is 0 Å².